The average molecular weight is 498 g/mol. The van der Waals surface area contributed by atoms with Crippen molar-refractivity contribution in [3.8, 4) is 17.1 Å². The lowest BCUT2D eigenvalue weighted by molar-refractivity contribution is -0.274. The fourth-order valence-corrected chi connectivity index (χ4v) is 2.77. The summed E-state index contributed by atoms with van der Waals surface area (Å²) in [4.78, 5) is 12.2. The fourth-order valence-electron chi connectivity index (χ4n) is 2.77. The first-order valence-corrected chi connectivity index (χ1v) is 10.6. The quantitative estimate of drug-likeness (QED) is 0.400. The minimum atomic E-state index is -4.63. The van der Waals surface area contributed by atoms with Crippen LogP contribution < -0.4 is 15.4 Å². The Labute approximate surface area is 201 Å². The van der Waals surface area contributed by atoms with E-state index in [2.05, 4.69) is 39.4 Å². The summed E-state index contributed by atoms with van der Waals surface area (Å²) in [5, 5.41) is 21.4. The van der Waals surface area contributed by atoms with Gasteiger partial charge in [0.05, 0.1) is 12.3 Å². The number of halogens is 3. The highest BCUT2D eigenvalue weighted by atomic mass is 19.4. The van der Waals surface area contributed by atoms with Crippen LogP contribution in [0.3, 0.4) is 0 Å². The van der Waals surface area contributed by atoms with Crippen LogP contribution in [0.15, 0.2) is 65.5 Å². The summed E-state index contributed by atoms with van der Waals surface area (Å²) in [6.07, 6.45) is -0.608. The van der Waals surface area contributed by atoms with Crippen LogP contribution in [0.4, 0.5) is 13.2 Å². The third kappa shape index (κ3) is 13.8. The Hall–Kier alpha value is -3.41. The predicted molar refractivity (Wildman–Crippen MR) is 125 cm³/mol. The summed E-state index contributed by atoms with van der Waals surface area (Å²) in [5.74, 6) is 0.625. The SMILES string of the molecule is CNCc1cccc(OC(F)(F)F)c1.Cc1ccc(-c2cnco2)cc1.O=CO.OC1CCNC1. The van der Waals surface area contributed by atoms with E-state index in [1.807, 2.05) is 12.1 Å². The molecule has 4 N–H and O–H groups in total. The highest BCUT2D eigenvalue weighted by Crippen LogP contribution is 2.23. The van der Waals surface area contributed by atoms with E-state index in [9.17, 15) is 13.2 Å². The van der Waals surface area contributed by atoms with E-state index >= 15 is 0 Å². The summed E-state index contributed by atoms with van der Waals surface area (Å²) in [7, 11) is 1.72. The minimum absolute atomic E-state index is 0.0648. The standard InChI is InChI=1S/C10H9NO.C9H10F3NO.C4H9NO.CH2O2/c1-8-2-4-9(5-3-8)10-6-11-7-12-10;1-13-6-7-3-2-4-8(5-7)14-9(10,11)12;6-4-1-2-5-3-4;2-1-3/h2-7H,1H3;2-5,13H,6H2,1H3;4-6H,1-3H2;1H,(H,2,3). The highest BCUT2D eigenvalue weighted by molar-refractivity contribution is 5.56. The Morgan fingerprint density at radius 1 is 1.26 bits per heavy atom. The summed E-state index contributed by atoms with van der Waals surface area (Å²) < 4.78 is 44.4. The number of carboxylic acid groups (broad SMARTS) is 1. The third-order valence-electron chi connectivity index (χ3n) is 4.32. The van der Waals surface area contributed by atoms with Crippen LogP contribution in [0.2, 0.25) is 0 Å². The van der Waals surface area contributed by atoms with E-state index in [1.165, 1.54) is 30.2 Å². The van der Waals surface area contributed by atoms with Gasteiger partial charge in [-0.15, -0.1) is 13.2 Å². The molecule has 8 nitrogen and oxygen atoms in total. The van der Waals surface area contributed by atoms with Gasteiger partial charge in [-0.1, -0.05) is 42.0 Å². The van der Waals surface area contributed by atoms with E-state index in [4.69, 9.17) is 19.4 Å². The molecule has 35 heavy (non-hydrogen) atoms. The van der Waals surface area contributed by atoms with Crippen LogP contribution in [0.5, 0.6) is 5.75 Å². The molecule has 192 valence electrons. The number of carbonyl (C=O) groups is 1. The van der Waals surface area contributed by atoms with Crippen LogP contribution in [0.25, 0.3) is 11.3 Å². The fraction of sp³-hybridized carbons (Fsp3) is 0.333. The number of hydrogen-bond acceptors (Lipinski definition) is 7. The number of β-amino-alcohol motifs (C(OH)–C–C–N with tert-alkyl or cyclic N) is 1. The van der Waals surface area contributed by atoms with Gasteiger partial charge in [0.15, 0.2) is 12.2 Å². The van der Waals surface area contributed by atoms with Crippen LogP contribution in [0.1, 0.15) is 17.5 Å². The molecule has 0 bridgehead atoms. The van der Waals surface area contributed by atoms with E-state index in [0.29, 0.717) is 6.54 Å². The number of aryl methyl sites for hydroxylation is 1. The lowest BCUT2D eigenvalue weighted by atomic mass is 10.1. The maximum atomic E-state index is 11.8. The van der Waals surface area contributed by atoms with Crippen LogP contribution in [0, 0.1) is 6.92 Å². The summed E-state index contributed by atoms with van der Waals surface area (Å²) >= 11 is 0. The monoisotopic (exact) mass is 497 g/mol. The largest absolute Gasteiger partial charge is 0.573 e. The van der Waals surface area contributed by atoms with Crippen molar-refractivity contribution in [2.24, 2.45) is 0 Å². The average Bonchev–Trinajstić information content (AvgIpc) is 3.49. The molecule has 0 radical (unpaired) electrons. The Morgan fingerprint density at radius 3 is 2.40 bits per heavy atom. The van der Waals surface area contributed by atoms with Gasteiger partial charge in [0.2, 0.25) is 0 Å². The Morgan fingerprint density at radius 2 is 1.94 bits per heavy atom. The molecule has 0 saturated carbocycles. The van der Waals surface area contributed by atoms with Crippen molar-refractivity contribution in [3.63, 3.8) is 0 Å². The number of oxazole rings is 1. The molecule has 0 spiro atoms. The molecule has 1 saturated heterocycles. The lowest BCUT2D eigenvalue weighted by Crippen LogP contribution is -2.17. The van der Waals surface area contributed by atoms with Crippen molar-refractivity contribution >= 4 is 6.47 Å². The van der Waals surface area contributed by atoms with Crippen molar-refractivity contribution < 1.29 is 37.3 Å². The van der Waals surface area contributed by atoms with Crippen molar-refractivity contribution in [2.75, 3.05) is 20.1 Å². The topological polar surface area (TPSA) is 117 Å². The maximum absolute atomic E-state index is 11.8. The van der Waals surface area contributed by atoms with E-state index in [1.54, 1.807) is 19.3 Å². The first kappa shape index (κ1) is 29.6. The number of alkyl halides is 3. The smallest absolute Gasteiger partial charge is 0.483 e. The second-order valence-electron chi connectivity index (χ2n) is 7.21. The van der Waals surface area contributed by atoms with Gasteiger partial charge in [0, 0.05) is 18.7 Å². The molecule has 1 fully saturated rings. The molecule has 2 heterocycles. The van der Waals surface area contributed by atoms with Gasteiger partial charge >= 0.3 is 6.36 Å². The number of ether oxygens (including phenoxy) is 1. The summed E-state index contributed by atoms with van der Waals surface area (Å²) in [6.45, 7) is 4.10. The number of hydrogen-bond donors (Lipinski definition) is 4. The zero-order valence-electron chi connectivity index (χ0n) is 19.5. The first-order valence-electron chi connectivity index (χ1n) is 10.6. The molecule has 1 aliphatic heterocycles. The van der Waals surface area contributed by atoms with Gasteiger partial charge in [-0.3, -0.25) is 4.79 Å². The van der Waals surface area contributed by atoms with Gasteiger partial charge < -0.3 is 30.0 Å². The summed E-state index contributed by atoms with van der Waals surface area (Å²) in [6, 6.07) is 14.0. The number of aliphatic hydroxyl groups is 1. The zero-order chi connectivity index (χ0) is 26.1. The third-order valence-corrected chi connectivity index (χ3v) is 4.32. The normalized spacial score (nSPS) is 14.3. The van der Waals surface area contributed by atoms with Crippen LogP contribution in [-0.4, -0.2) is 54.3 Å². The summed E-state index contributed by atoms with van der Waals surface area (Å²) in [5.41, 5.74) is 3.06. The van der Waals surface area contributed by atoms with E-state index < -0.39 is 6.36 Å². The molecule has 0 aliphatic carbocycles. The molecule has 1 atom stereocenters. The molecule has 3 aromatic rings. The number of aromatic nitrogens is 1. The lowest BCUT2D eigenvalue weighted by Gasteiger charge is -2.09. The van der Waals surface area contributed by atoms with Gasteiger partial charge in [-0.25, -0.2) is 4.98 Å². The number of nitrogens with zero attached hydrogens (tertiary/aromatic N) is 1. The molecule has 1 unspecified atom stereocenters. The zero-order valence-corrected chi connectivity index (χ0v) is 19.5. The maximum Gasteiger partial charge on any atom is 0.573 e. The Bertz CT molecular complexity index is 946. The number of nitrogens with one attached hydrogen (secondary N) is 2. The molecular formula is C24H30F3N3O5. The second kappa shape index (κ2) is 16.3. The van der Waals surface area contributed by atoms with Gasteiger partial charge in [-0.2, -0.15) is 0 Å². The molecule has 4 rings (SSSR count). The molecule has 0 amide bonds. The van der Waals surface area contributed by atoms with Crippen LogP contribution in [-0.2, 0) is 11.3 Å². The molecular weight excluding hydrogens is 467 g/mol. The van der Waals surface area contributed by atoms with Crippen molar-refractivity contribution in [1.82, 2.24) is 15.6 Å². The second-order valence-corrected chi connectivity index (χ2v) is 7.21. The Balaban J connectivity index is 0.000000263. The molecule has 1 aromatic heterocycles. The van der Waals surface area contributed by atoms with Gasteiger partial charge in [0.1, 0.15) is 5.75 Å². The van der Waals surface area contributed by atoms with Gasteiger partial charge in [0.25, 0.3) is 6.47 Å². The minimum Gasteiger partial charge on any atom is -0.483 e. The number of benzene rings is 2. The number of aliphatic hydroxyl groups excluding tert-OH is 1. The molecule has 1 aliphatic rings. The van der Waals surface area contributed by atoms with Crippen molar-refractivity contribution in [2.45, 2.75) is 32.4 Å². The first-order chi connectivity index (χ1) is 16.7. The predicted octanol–water partition coefficient (Wildman–Crippen LogP) is 4.00. The Kier molecular flexibility index (Phi) is 13.8. The number of rotatable bonds is 4. The van der Waals surface area contributed by atoms with Crippen molar-refractivity contribution in [1.29, 1.82) is 0 Å². The molecule has 11 heteroatoms. The van der Waals surface area contributed by atoms with Gasteiger partial charge in [-0.05, 0) is 44.6 Å². The highest BCUT2D eigenvalue weighted by Gasteiger charge is 2.31. The van der Waals surface area contributed by atoms with E-state index in [-0.39, 0.29) is 18.3 Å². The van der Waals surface area contributed by atoms with E-state index in [0.717, 1.165) is 36.4 Å². The van der Waals surface area contributed by atoms with Crippen LogP contribution >= 0.6 is 0 Å². The molecule has 2 aromatic carbocycles. The van der Waals surface area contributed by atoms with Crippen molar-refractivity contribution in [3.05, 3.63) is 72.2 Å².